The predicted octanol–water partition coefficient (Wildman–Crippen LogP) is 1.92. The largest absolute Gasteiger partial charge is 0.508 e. The lowest BCUT2D eigenvalue weighted by atomic mass is 10.1. The zero-order valence-corrected chi connectivity index (χ0v) is 13.8. The van der Waals surface area contributed by atoms with E-state index in [1.54, 1.807) is 31.2 Å². The molecule has 0 heterocycles. The molecule has 0 saturated heterocycles. The van der Waals surface area contributed by atoms with Crippen molar-refractivity contribution >= 4 is 11.9 Å². The summed E-state index contributed by atoms with van der Waals surface area (Å²) in [6.45, 7) is 2.08. The molecule has 2 rings (SSSR count). The van der Waals surface area contributed by atoms with Gasteiger partial charge in [0, 0.05) is 0 Å². The maximum absolute atomic E-state index is 11.2. The van der Waals surface area contributed by atoms with Gasteiger partial charge >= 0.3 is 11.9 Å². The molecule has 0 saturated carbocycles. The van der Waals surface area contributed by atoms with Crippen molar-refractivity contribution in [3.8, 4) is 11.5 Å². The maximum Gasteiger partial charge on any atom is 0.335 e. The Labute approximate surface area is 145 Å². The van der Waals surface area contributed by atoms with E-state index in [4.69, 9.17) is 25.8 Å². The van der Waals surface area contributed by atoms with Crippen molar-refractivity contribution in [1.82, 2.24) is 0 Å². The van der Waals surface area contributed by atoms with E-state index in [1.165, 1.54) is 24.3 Å². The van der Waals surface area contributed by atoms with Gasteiger partial charge in [-0.05, 0) is 55.3 Å². The van der Waals surface area contributed by atoms with E-state index in [-0.39, 0.29) is 17.1 Å². The second-order valence-corrected chi connectivity index (χ2v) is 5.08. The number of carboxylic acids is 1. The third-order valence-electron chi connectivity index (χ3n) is 3.10. The van der Waals surface area contributed by atoms with Gasteiger partial charge in [-0.2, -0.15) is 0 Å². The molecule has 0 spiro atoms. The Morgan fingerprint density at radius 1 is 1.00 bits per heavy atom. The van der Waals surface area contributed by atoms with Crippen LogP contribution in [0.1, 0.15) is 22.8 Å². The van der Waals surface area contributed by atoms with Crippen molar-refractivity contribution in [3.05, 3.63) is 59.7 Å². The third kappa shape index (κ3) is 7.36. The summed E-state index contributed by atoms with van der Waals surface area (Å²) in [7, 11) is 0. The van der Waals surface area contributed by atoms with E-state index in [9.17, 15) is 9.59 Å². The summed E-state index contributed by atoms with van der Waals surface area (Å²) >= 11 is 0. The van der Waals surface area contributed by atoms with E-state index in [0.29, 0.717) is 13.0 Å². The molecule has 0 aliphatic carbocycles. The van der Waals surface area contributed by atoms with Crippen LogP contribution in [-0.4, -0.2) is 39.9 Å². The average molecular weight is 347 g/mol. The predicted molar refractivity (Wildman–Crippen MR) is 91.5 cm³/mol. The number of carbonyl (C=O) groups excluding carboxylic acids is 1. The van der Waals surface area contributed by atoms with Crippen LogP contribution in [0.25, 0.3) is 0 Å². The minimum Gasteiger partial charge on any atom is -0.508 e. The fourth-order valence-corrected chi connectivity index (χ4v) is 1.82. The fourth-order valence-electron chi connectivity index (χ4n) is 1.82. The standard InChI is InChI=1S/C11H15NO3.C7H6O3/c1-2-15-11(14)10(12)7-8-3-5-9(13)6-4-8;8-6-3-1-5(2-4-6)7(9)10/h3-6,10,13H,2,7,12H2,1H3;1-4,8H,(H,9,10)/t10-;/m0./s1. The molecule has 0 radical (unpaired) electrons. The number of carbonyl (C=O) groups is 2. The van der Waals surface area contributed by atoms with Gasteiger partial charge in [0.2, 0.25) is 0 Å². The van der Waals surface area contributed by atoms with Gasteiger partial charge in [-0.15, -0.1) is 0 Å². The molecule has 0 aromatic heterocycles. The molecule has 0 unspecified atom stereocenters. The highest BCUT2D eigenvalue weighted by Gasteiger charge is 2.14. The van der Waals surface area contributed by atoms with Crippen molar-refractivity contribution in [1.29, 1.82) is 0 Å². The SMILES string of the molecule is CCOC(=O)[C@@H](N)Cc1ccc(O)cc1.O=C(O)c1ccc(O)cc1. The molecule has 0 fully saturated rings. The van der Waals surface area contributed by atoms with Crippen LogP contribution in [0, 0.1) is 0 Å². The van der Waals surface area contributed by atoms with E-state index < -0.39 is 18.0 Å². The Balaban J connectivity index is 0.000000271. The molecule has 0 amide bonds. The van der Waals surface area contributed by atoms with Gasteiger partial charge in [0.15, 0.2) is 0 Å². The number of hydrogen-bond acceptors (Lipinski definition) is 6. The number of hydrogen-bond donors (Lipinski definition) is 4. The number of carboxylic acid groups (broad SMARTS) is 1. The van der Waals surface area contributed by atoms with E-state index in [0.717, 1.165) is 5.56 Å². The molecule has 2 aromatic carbocycles. The molecule has 0 aliphatic rings. The minimum absolute atomic E-state index is 0.0741. The van der Waals surface area contributed by atoms with Gasteiger partial charge in [-0.3, -0.25) is 4.79 Å². The molecule has 0 aliphatic heterocycles. The molecular weight excluding hydrogens is 326 g/mol. The first-order chi connectivity index (χ1) is 11.8. The molecule has 2 aromatic rings. The lowest BCUT2D eigenvalue weighted by molar-refractivity contribution is -0.144. The summed E-state index contributed by atoms with van der Waals surface area (Å²) in [4.78, 5) is 21.4. The van der Waals surface area contributed by atoms with Crippen LogP contribution in [0.15, 0.2) is 48.5 Å². The number of benzene rings is 2. The van der Waals surface area contributed by atoms with Crippen molar-refractivity contribution in [2.24, 2.45) is 5.73 Å². The summed E-state index contributed by atoms with van der Waals surface area (Å²) in [5.74, 6) is -1.11. The van der Waals surface area contributed by atoms with Crippen LogP contribution in [0.4, 0.5) is 0 Å². The summed E-state index contributed by atoms with van der Waals surface area (Å²) in [6, 6.07) is 11.3. The van der Waals surface area contributed by atoms with Crippen LogP contribution in [-0.2, 0) is 16.0 Å². The highest BCUT2D eigenvalue weighted by atomic mass is 16.5. The number of phenols is 2. The van der Waals surface area contributed by atoms with Gasteiger partial charge in [-0.25, -0.2) is 4.79 Å². The number of phenolic OH excluding ortho intramolecular Hbond substituents is 2. The van der Waals surface area contributed by atoms with Gasteiger partial charge < -0.3 is 25.8 Å². The molecule has 7 nitrogen and oxygen atoms in total. The normalized spacial score (nSPS) is 11.0. The van der Waals surface area contributed by atoms with Gasteiger partial charge in [0.25, 0.3) is 0 Å². The highest BCUT2D eigenvalue weighted by molar-refractivity contribution is 5.87. The molecule has 134 valence electrons. The smallest absolute Gasteiger partial charge is 0.335 e. The van der Waals surface area contributed by atoms with Crippen LogP contribution in [0.5, 0.6) is 11.5 Å². The fraction of sp³-hybridized carbons (Fsp3) is 0.222. The van der Waals surface area contributed by atoms with Crippen LogP contribution in [0.2, 0.25) is 0 Å². The Bertz CT molecular complexity index is 682. The minimum atomic E-state index is -0.986. The second-order valence-electron chi connectivity index (χ2n) is 5.08. The van der Waals surface area contributed by atoms with Crippen molar-refractivity contribution in [2.75, 3.05) is 6.61 Å². The van der Waals surface area contributed by atoms with E-state index in [1.807, 2.05) is 0 Å². The number of aromatic carboxylic acids is 1. The molecule has 0 bridgehead atoms. The number of ether oxygens (including phenoxy) is 1. The molecule has 7 heteroatoms. The van der Waals surface area contributed by atoms with Crippen molar-refractivity contribution in [3.63, 3.8) is 0 Å². The quantitative estimate of drug-likeness (QED) is 0.608. The molecule has 5 N–H and O–H groups in total. The lowest BCUT2D eigenvalue weighted by Crippen LogP contribution is -2.34. The zero-order valence-electron chi connectivity index (χ0n) is 13.8. The van der Waals surface area contributed by atoms with Gasteiger partial charge in [0.1, 0.15) is 17.5 Å². The first-order valence-electron chi connectivity index (χ1n) is 7.56. The first kappa shape index (κ1) is 20.0. The maximum atomic E-state index is 11.2. The summed E-state index contributed by atoms with van der Waals surface area (Å²) in [6.07, 6.45) is 0.416. The Morgan fingerprint density at radius 2 is 1.48 bits per heavy atom. The Morgan fingerprint density at radius 3 is 1.92 bits per heavy atom. The topological polar surface area (TPSA) is 130 Å². The number of esters is 1. The average Bonchev–Trinajstić information content (AvgIpc) is 2.58. The number of rotatable bonds is 5. The van der Waals surface area contributed by atoms with E-state index >= 15 is 0 Å². The summed E-state index contributed by atoms with van der Waals surface area (Å²) < 4.78 is 4.79. The third-order valence-corrected chi connectivity index (χ3v) is 3.10. The Hall–Kier alpha value is -3.06. The second kappa shape index (κ2) is 9.94. The monoisotopic (exact) mass is 347 g/mol. The van der Waals surface area contributed by atoms with Crippen LogP contribution in [0.3, 0.4) is 0 Å². The number of nitrogens with two attached hydrogens (primary N) is 1. The first-order valence-corrected chi connectivity index (χ1v) is 7.56. The van der Waals surface area contributed by atoms with E-state index in [2.05, 4.69) is 0 Å². The van der Waals surface area contributed by atoms with Crippen LogP contribution < -0.4 is 5.73 Å². The lowest BCUT2D eigenvalue weighted by Gasteiger charge is -2.10. The molecular formula is C18H21NO6. The Kier molecular flexibility index (Phi) is 7.95. The summed E-state index contributed by atoms with van der Waals surface area (Å²) in [5.41, 5.74) is 6.71. The van der Waals surface area contributed by atoms with Gasteiger partial charge in [-0.1, -0.05) is 12.1 Å². The molecule has 1 atom stereocenters. The van der Waals surface area contributed by atoms with Gasteiger partial charge in [0.05, 0.1) is 12.2 Å². The van der Waals surface area contributed by atoms with Crippen LogP contribution >= 0.6 is 0 Å². The zero-order chi connectivity index (χ0) is 18.8. The van der Waals surface area contributed by atoms with Crippen molar-refractivity contribution < 1.29 is 29.6 Å². The highest BCUT2D eigenvalue weighted by Crippen LogP contribution is 2.11. The van der Waals surface area contributed by atoms with Crippen molar-refractivity contribution in [2.45, 2.75) is 19.4 Å². The number of aromatic hydroxyl groups is 2. The summed E-state index contributed by atoms with van der Waals surface area (Å²) in [5, 5.41) is 26.2. The molecule has 25 heavy (non-hydrogen) atoms.